The highest BCUT2D eigenvalue weighted by Gasteiger charge is 1.97. The summed E-state index contributed by atoms with van der Waals surface area (Å²) in [4.78, 5) is 3.90. The first-order chi connectivity index (χ1) is 7.79. The third kappa shape index (κ3) is 5.97. The van der Waals surface area contributed by atoms with Crippen LogP contribution < -0.4 is 0 Å². The van der Waals surface area contributed by atoms with Gasteiger partial charge in [-0.1, -0.05) is 49.1 Å². The number of hydrogen-bond acceptors (Lipinski definition) is 1. The van der Waals surface area contributed by atoms with Crippen LogP contribution in [0.4, 0.5) is 0 Å². The third-order valence-corrected chi connectivity index (χ3v) is 2.09. The van der Waals surface area contributed by atoms with Crippen molar-refractivity contribution in [3.63, 3.8) is 0 Å². The summed E-state index contributed by atoms with van der Waals surface area (Å²) in [6.07, 6.45) is 15.1. The van der Waals surface area contributed by atoms with Crippen LogP contribution >= 0.6 is 0 Å². The molecule has 0 saturated carbocycles. The minimum absolute atomic E-state index is 0.626. The Hall–Kier alpha value is -1.63. The minimum atomic E-state index is 0.626. The van der Waals surface area contributed by atoms with Gasteiger partial charge in [0.2, 0.25) is 0 Å². The Balaban J connectivity index is 4.81. The molecule has 16 heavy (non-hydrogen) atoms. The summed E-state index contributed by atoms with van der Waals surface area (Å²) in [6.45, 7) is 12.0. The molecule has 0 aliphatic rings. The molecule has 0 saturated heterocycles. The van der Waals surface area contributed by atoms with Crippen LogP contribution in [0.5, 0.6) is 0 Å². The van der Waals surface area contributed by atoms with E-state index in [1.54, 1.807) is 0 Å². The molecule has 0 aromatic rings. The summed E-state index contributed by atoms with van der Waals surface area (Å²) in [5, 5.41) is 0. The smallest absolute Gasteiger partial charge is 0.0635 e. The first-order valence-electron chi connectivity index (χ1n) is 5.47. The van der Waals surface area contributed by atoms with Crippen molar-refractivity contribution >= 4 is 6.72 Å². The van der Waals surface area contributed by atoms with Crippen LogP contribution in [-0.2, 0) is 0 Å². The molecule has 86 valence electrons. The average Bonchev–Trinajstić information content (AvgIpc) is 2.30. The van der Waals surface area contributed by atoms with E-state index in [0.29, 0.717) is 6.54 Å². The molecule has 0 heterocycles. The lowest BCUT2D eigenvalue weighted by Crippen LogP contribution is -1.90. The summed E-state index contributed by atoms with van der Waals surface area (Å²) >= 11 is 0. The predicted molar refractivity (Wildman–Crippen MR) is 75.0 cm³/mol. The Morgan fingerprint density at radius 1 is 1.12 bits per heavy atom. The van der Waals surface area contributed by atoms with Gasteiger partial charge < -0.3 is 0 Å². The molecule has 0 bridgehead atoms. The zero-order chi connectivity index (χ0) is 12.2. The molecule has 1 nitrogen and oxygen atoms in total. The van der Waals surface area contributed by atoms with Gasteiger partial charge in [-0.2, -0.15) is 0 Å². The first kappa shape index (κ1) is 14.4. The molecule has 0 aliphatic heterocycles. The van der Waals surface area contributed by atoms with Gasteiger partial charge in [-0.15, -0.1) is 0 Å². The lowest BCUT2D eigenvalue weighted by Gasteiger charge is -2.04. The Morgan fingerprint density at radius 3 is 2.38 bits per heavy atom. The fourth-order valence-corrected chi connectivity index (χ4v) is 1.31. The Morgan fingerprint density at radius 2 is 1.88 bits per heavy atom. The summed E-state index contributed by atoms with van der Waals surface area (Å²) < 4.78 is 0. The number of allylic oxidation sites excluding steroid dienone is 7. The van der Waals surface area contributed by atoms with Gasteiger partial charge in [0.25, 0.3) is 0 Å². The molecule has 0 rings (SSSR count). The largest absolute Gasteiger partial charge is 0.296 e. The molecule has 0 atom stereocenters. The van der Waals surface area contributed by atoms with E-state index in [1.807, 2.05) is 44.2 Å². The molecule has 0 aromatic carbocycles. The fraction of sp³-hybridized carbons (Fsp3) is 0.267. The highest BCUT2D eigenvalue weighted by atomic mass is 14.7. The summed E-state index contributed by atoms with van der Waals surface area (Å²) in [6, 6.07) is 0. The van der Waals surface area contributed by atoms with Gasteiger partial charge in [0.1, 0.15) is 0 Å². The second kappa shape index (κ2) is 9.91. The lowest BCUT2D eigenvalue weighted by molar-refractivity contribution is 1.13. The van der Waals surface area contributed by atoms with Crippen LogP contribution in [0.3, 0.4) is 0 Å². The summed E-state index contributed by atoms with van der Waals surface area (Å²) in [5.74, 6) is 0. The van der Waals surface area contributed by atoms with Gasteiger partial charge in [0, 0.05) is 0 Å². The second-order valence-electron chi connectivity index (χ2n) is 3.29. The second-order valence-corrected chi connectivity index (χ2v) is 3.29. The Kier molecular flexibility index (Phi) is 8.90. The molecule has 0 radical (unpaired) electrons. The monoisotopic (exact) mass is 215 g/mol. The number of aliphatic imine (C=N–C) groups is 1. The summed E-state index contributed by atoms with van der Waals surface area (Å²) in [5.41, 5.74) is 2.38. The Labute approximate surface area is 99.3 Å². The zero-order valence-electron chi connectivity index (χ0n) is 10.3. The standard InChI is InChI=1S/C15H21N/c1-5-8-9-10-12-15(11-6-2)14(7-3)13-16-4/h5-11H,3-4,12-13H2,1-2H3/b8-5-,10-9-,11-6-,15-14+. The van der Waals surface area contributed by atoms with E-state index in [1.165, 1.54) is 5.57 Å². The molecule has 0 fully saturated rings. The molecule has 0 unspecified atom stereocenters. The highest BCUT2D eigenvalue weighted by molar-refractivity contribution is 5.37. The molecule has 0 amide bonds. The van der Waals surface area contributed by atoms with Crippen molar-refractivity contribution in [2.45, 2.75) is 20.3 Å². The molecule has 0 aromatic heterocycles. The van der Waals surface area contributed by atoms with Gasteiger partial charge in [0.05, 0.1) is 6.54 Å². The molecular weight excluding hydrogens is 194 g/mol. The van der Waals surface area contributed by atoms with Crippen molar-refractivity contribution in [3.05, 3.63) is 60.3 Å². The van der Waals surface area contributed by atoms with Crippen molar-refractivity contribution in [3.8, 4) is 0 Å². The molecule has 0 aliphatic carbocycles. The Bertz CT molecular complexity index is 327. The van der Waals surface area contributed by atoms with Crippen LogP contribution in [0.1, 0.15) is 20.3 Å². The van der Waals surface area contributed by atoms with E-state index in [4.69, 9.17) is 0 Å². The van der Waals surface area contributed by atoms with Crippen LogP contribution in [0.2, 0.25) is 0 Å². The number of nitrogens with zero attached hydrogens (tertiary/aromatic N) is 1. The van der Waals surface area contributed by atoms with Crippen LogP contribution in [0.25, 0.3) is 0 Å². The van der Waals surface area contributed by atoms with Crippen molar-refractivity contribution in [1.82, 2.24) is 0 Å². The van der Waals surface area contributed by atoms with Crippen LogP contribution in [0, 0.1) is 0 Å². The minimum Gasteiger partial charge on any atom is -0.296 e. The van der Waals surface area contributed by atoms with E-state index >= 15 is 0 Å². The van der Waals surface area contributed by atoms with Crippen LogP contribution in [-0.4, -0.2) is 13.3 Å². The SMILES string of the molecule is C=C/C(CN=C)=C(/C=C\C)C/C=C\C=C/C. The third-order valence-electron chi connectivity index (χ3n) is 2.09. The van der Waals surface area contributed by atoms with E-state index in [9.17, 15) is 0 Å². The van der Waals surface area contributed by atoms with Gasteiger partial charge in [0.15, 0.2) is 0 Å². The van der Waals surface area contributed by atoms with Gasteiger partial charge >= 0.3 is 0 Å². The zero-order valence-corrected chi connectivity index (χ0v) is 10.3. The first-order valence-corrected chi connectivity index (χ1v) is 5.47. The maximum absolute atomic E-state index is 3.90. The van der Waals surface area contributed by atoms with Gasteiger partial charge in [-0.05, 0) is 38.1 Å². The van der Waals surface area contributed by atoms with Crippen molar-refractivity contribution < 1.29 is 0 Å². The molecule has 0 N–H and O–H groups in total. The van der Waals surface area contributed by atoms with Gasteiger partial charge in [-0.3, -0.25) is 4.99 Å². The highest BCUT2D eigenvalue weighted by Crippen LogP contribution is 2.13. The van der Waals surface area contributed by atoms with E-state index in [-0.39, 0.29) is 0 Å². The normalized spacial score (nSPS) is 13.6. The number of rotatable bonds is 7. The molecule has 0 spiro atoms. The fourth-order valence-electron chi connectivity index (χ4n) is 1.31. The maximum atomic E-state index is 3.90. The van der Waals surface area contributed by atoms with Crippen molar-refractivity contribution in [2.24, 2.45) is 4.99 Å². The van der Waals surface area contributed by atoms with E-state index < -0.39 is 0 Å². The maximum Gasteiger partial charge on any atom is 0.0635 e. The van der Waals surface area contributed by atoms with Crippen molar-refractivity contribution in [1.29, 1.82) is 0 Å². The van der Waals surface area contributed by atoms with E-state index in [0.717, 1.165) is 12.0 Å². The molecular formula is C15H21N. The predicted octanol–water partition coefficient (Wildman–Crippen LogP) is 4.27. The van der Waals surface area contributed by atoms with Gasteiger partial charge in [-0.25, -0.2) is 0 Å². The molecule has 1 heteroatoms. The summed E-state index contributed by atoms with van der Waals surface area (Å²) in [7, 11) is 0. The van der Waals surface area contributed by atoms with E-state index in [2.05, 4.69) is 30.4 Å². The number of hydrogen-bond donors (Lipinski definition) is 0. The lowest BCUT2D eigenvalue weighted by atomic mass is 10.0. The van der Waals surface area contributed by atoms with Crippen molar-refractivity contribution in [2.75, 3.05) is 6.54 Å². The average molecular weight is 215 g/mol. The quantitative estimate of drug-likeness (QED) is 0.444. The van der Waals surface area contributed by atoms with Crippen LogP contribution in [0.15, 0.2) is 65.2 Å². The topological polar surface area (TPSA) is 12.4 Å².